The number of epoxide rings is 1. The lowest BCUT2D eigenvalue weighted by Crippen LogP contribution is -2.32. The molecule has 3 heteroatoms. The molecule has 0 radical (unpaired) electrons. The number of hydrogen-bond acceptors (Lipinski definition) is 3. The van der Waals surface area contributed by atoms with Gasteiger partial charge in [0.15, 0.2) is 5.78 Å². The molecule has 2 fully saturated rings. The molecule has 4 aliphatic rings. The Labute approximate surface area is 99.8 Å². The number of allylic oxidation sites excluding steroid dienone is 2. The van der Waals surface area contributed by atoms with Crippen LogP contribution >= 0.6 is 0 Å². The number of carbonyl (C=O) groups excluding carboxylic acids is 1. The van der Waals surface area contributed by atoms with Crippen LogP contribution in [0.15, 0.2) is 34.9 Å². The van der Waals surface area contributed by atoms with Crippen LogP contribution in [-0.4, -0.2) is 30.2 Å². The standard InChI is InChI=1S/C14H14O3/c1-7-12-10-4-3-9(8(2)15)5-11(10)13(17-12)14(7)6-16-14/h3,12-13H,1,4-6H2,2H3/t12-,13-,14+/m0/s1. The van der Waals surface area contributed by atoms with E-state index < -0.39 is 0 Å². The summed E-state index contributed by atoms with van der Waals surface area (Å²) in [7, 11) is 0. The van der Waals surface area contributed by atoms with E-state index >= 15 is 0 Å². The van der Waals surface area contributed by atoms with Crippen molar-refractivity contribution in [2.45, 2.75) is 37.6 Å². The Hall–Kier alpha value is -1.19. The molecule has 3 aliphatic heterocycles. The average molecular weight is 230 g/mol. The van der Waals surface area contributed by atoms with E-state index in [2.05, 4.69) is 6.58 Å². The summed E-state index contributed by atoms with van der Waals surface area (Å²) in [5.74, 6) is 0.170. The minimum absolute atomic E-state index is 0.0260. The Balaban J connectivity index is 1.74. The summed E-state index contributed by atoms with van der Waals surface area (Å²) in [6.07, 6.45) is 3.68. The molecule has 0 aromatic heterocycles. The molecular formula is C14H14O3. The minimum atomic E-state index is -0.233. The van der Waals surface area contributed by atoms with Gasteiger partial charge in [0.1, 0.15) is 17.8 Å². The number of Topliss-reactive ketones (excluding diaryl/α,β-unsaturated/α-hetero) is 1. The third kappa shape index (κ3) is 1.02. The molecule has 0 N–H and O–H groups in total. The maximum atomic E-state index is 11.5. The quantitative estimate of drug-likeness (QED) is 0.508. The van der Waals surface area contributed by atoms with Crippen LogP contribution in [0.2, 0.25) is 0 Å². The van der Waals surface area contributed by atoms with Crippen molar-refractivity contribution in [2.24, 2.45) is 0 Å². The van der Waals surface area contributed by atoms with Gasteiger partial charge in [0.05, 0.1) is 6.61 Å². The maximum Gasteiger partial charge on any atom is 0.155 e. The molecule has 0 saturated carbocycles. The molecule has 1 aliphatic carbocycles. The Morgan fingerprint density at radius 2 is 2.29 bits per heavy atom. The van der Waals surface area contributed by atoms with Crippen LogP contribution in [0.1, 0.15) is 19.8 Å². The smallest absolute Gasteiger partial charge is 0.155 e. The fourth-order valence-corrected chi connectivity index (χ4v) is 3.35. The lowest BCUT2D eigenvalue weighted by Gasteiger charge is -2.26. The van der Waals surface area contributed by atoms with Gasteiger partial charge in [-0.2, -0.15) is 0 Å². The van der Waals surface area contributed by atoms with Crippen LogP contribution in [0.3, 0.4) is 0 Å². The molecule has 88 valence electrons. The Morgan fingerprint density at radius 1 is 1.53 bits per heavy atom. The summed E-state index contributed by atoms with van der Waals surface area (Å²) in [6, 6.07) is 0. The van der Waals surface area contributed by atoms with Crippen molar-refractivity contribution in [1.82, 2.24) is 0 Å². The van der Waals surface area contributed by atoms with Crippen molar-refractivity contribution < 1.29 is 14.3 Å². The van der Waals surface area contributed by atoms with Gasteiger partial charge in [0.25, 0.3) is 0 Å². The molecule has 4 rings (SSSR count). The number of ketones is 1. The molecule has 1 spiro atoms. The molecule has 2 bridgehead atoms. The lowest BCUT2D eigenvalue weighted by molar-refractivity contribution is -0.113. The molecular weight excluding hydrogens is 216 g/mol. The SMILES string of the molecule is C=C1[C@@H]2O[C@@H](C3=C2CC=C(C(C)=O)C3)[C@@]12CO2. The highest BCUT2D eigenvalue weighted by Crippen LogP contribution is 2.58. The zero-order valence-corrected chi connectivity index (χ0v) is 9.79. The summed E-state index contributed by atoms with van der Waals surface area (Å²) < 4.78 is 11.6. The topological polar surface area (TPSA) is 38.8 Å². The van der Waals surface area contributed by atoms with E-state index in [0.717, 1.165) is 30.6 Å². The van der Waals surface area contributed by atoms with Gasteiger partial charge in [0, 0.05) is 0 Å². The monoisotopic (exact) mass is 230 g/mol. The first-order chi connectivity index (χ1) is 8.13. The van der Waals surface area contributed by atoms with Gasteiger partial charge < -0.3 is 9.47 Å². The van der Waals surface area contributed by atoms with Crippen LogP contribution < -0.4 is 0 Å². The largest absolute Gasteiger partial charge is 0.362 e. The van der Waals surface area contributed by atoms with E-state index in [4.69, 9.17) is 9.47 Å². The molecule has 2 saturated heterocycles. The average Bonchev–Trinajstić information content (AvgIpc) is 2.95. The van der Waals surface area contributed by atoms with Crippen LogP contribution in [-0.2, 0) is 14.3 Å². The van der Waals surface area contributed by atoms with Gasteiger partial charge in [-0.1, -0.05) is 12.7 Å². The minimum Gasteiger partial charge on any atom is -0.362 e. The van der Waals surface area contributed by atoms with E-state index in [9.17, 15) is 4.79 Å². The molecule has 3 atom stereocenters. The fourth-order valence-electron chi connectivity index (χ4n) is 3.35. The second-order valence-corrected chi connectivity index (χ2v) is 5.32. The summed E-state index contributed by atoms with van der Waals surface area (Å²) in [4.78, 5) is 11.5. The van der Waals surface area contributed by atoms with Crippen molar-refractivity contribution in [2.75, 3.05) is 6.61 Å². The van der Waals surface area contributed by atoms with Crippen molar-refractivity contribution in [3.05, 3.63) is 34.9 Å². The van der Waals surface area contributed by atoms with Crippen molar-refractivity contribution in [1.29, 1.82) is 0 Å². The van der Waals surface area contributed by atoms with Crippen LogP contribution in [0, 0.1) is 0 Å². The van der Waals surface area contributed by atoms with Crippen molar-refractivity contribution in [3.8, 4) is 0 Å². The molecule has 3 nitrogen and oxygen atoms in total. The third-order valence-corrected chi connectivity index (χ3v) is 4.46. The molecule has 3 heterocycles. The zero-order chi connectivity index (χ0) is 11.8. The Bertz CT molecular complexity index is 520. The third-order valence-electron chi connectivity index (χ3n) is 4.46. The normalized spacial score (nSPS) is 41.9. The molecule has 0 unspecified atom stereocenters. The summed E-state index contributed by atoms with van der Waals surface area (Å²) in [5.41, 5.74) is 4.38. The number of carbonyl (C=O) groups is 1. The highest BCUT2D eigenvalue weighted by molar-refractivity contribution is 5.94. The number of rotatable bonds is 1. The van der Waals surface area contributed by atoms with Gasteiger partial charge >= 0.3 is 0 Å². The lowest BCUT2D eigenvalue weighted by atomic mass is 9.75. The first-order valence-electron chi connectivity index (χ1n) is 6.04. The first kappa shape index (κ1) is 9.80. The predicted octanol–water partition coefficient (Wildman–Crippen LogP) is 1.70. The van der Waals surface area contributed by atoms with Gasteiger partial charge in [0.2, 0.25) is 0 Å². The van der Waals surface area contributed by atoms with E-state index in [-0.39, 0.29) is 23.6 Å². The maximum absolute atomic E-state index is 11.5. The summed E-state index contributed by atoms with van der Waals surface area (Å²) in [5, 5.41) is 0. The molecule has 0 aromatic carbocycles. The number of fused-ring (bicyclic) bond motifs is 5. The Kier molecular flexibility index (Phi) is 1.61. The van der Waals surface area contributed by atoms with Crippen LogP contribution in [0.5, 0.6) is 0 Å². The highest BCUT2D eigenvalue weighted by Gasteiger charge is 2.67. The van der Waals surface area contributed by atoms with Crippen molar-refractivity contribution in [3.63, 3.8) is 0 Å². The van der Waals surface area contributed by atoms with Crippen LogP contribution in [0.25, 0.3) is 0 Å². The van der Waals surface area contributed by atoms with E-state index in [1.165, 1.54) is 11.1 Å². The highest BCUT2D eigenvalue weighted by atomic mass is 16.6. The second kappa shape index (κ2) is 2.79. The van der Waals surface area contributed by atoms with Gasteiger partial charge in [-0.25, -0.2) is 0 Å². The molecule has 0 amide bonds. The van der Waals surface area contributed by atoms with Gasteiger partial charge in [-0.3, -0.25) is 4.79 Å². The predicted molar refractivity (Wildman–Crippen MR) is 61.5 cm³/mol. The summed E-state index contributed by atoms with van der Waals surface area (Å²) >= 11 is 0. The zero-order valence-electron chi connectivity index (χ0n) is 9.79. The fraction of sp³-hybridized carbons (Fsp3) is 0.500. The number of ether oxygens (including phenoxy) is 2. The van der Waals surface area contributed by atoms with Crippen LogP contribution in [0.4, 0.5) is 0 Å². The van der Waals surface area contributed by atoms with E-state index in [1.807, 2.05) is 6.08 Å². The van der Waals surface area contributed by atoms with Crippen molar-refractivity contribution >= 4 is 5.78 Å². The molecule has 17 heavy (non-hydrogen) atoms. The molecule has 0 aromatic rings. The summed E-state index contributed by atoms with van der Waals surface area (Å²) in [6.45, 7) is 6.48. The van der Waals surface area contributed by atoms with Gasteiger partial charge in [-0.15, -0.1) is 0 Å². The first-order valence-corrected chi connectivity index (χ1v) is 6.04. The van der Waals surface area contributed by atoms with E-state index in [1.54, 1.807) is 6.92 Å². The van der Waals surface area contributed by atoms with Gasteiger partial charge in [-0.05, 0) is 42.1 Å². The number of hydrogen-bond donors (Lipinski definition) is 0. The Morgan fingerprint density at radius 3 is 2.94 bits per heavy atom. The second-order valence-electron chi connectivity index (χ2n) is 5.32. The van der Waals surface area contributed by atoms with E-state index in [0.29, 0.717) is 0 Å².